The molecule has 2 saturated carbocycles. The van der Waals surface area contributed by atoms with Crippen molar-refractivity contribution in [1.29, 1.82) is 5.26 Å². The van der Waals surface area contributed by atoms with Crippen LogP contribution in [0.4, 0.5) is 0 Å². The van der Waals surface area contributed by atoms with Gasteiger partial charge in [0.25, 0.3) is 0 Å². The molecule has 0 aromatic rings. The Labute approximate surface area is 118 Å². The fourth-order valence-corrected chi connectivity index (χ4v) is 3.51. The standard InChI is InChI=1S/C16H29N3/c1-3-11-19(4-2)12-9-14-6-5-10-16(14,13-17)18-15-7-8-15/h14-15,18H,3-12H2,1-2H3. The van der Waals surface area contributed by atoms with Crippen LogP contribution >= 0.6 is 0 Å². The van der Waals surface area contributed by atoms with Crippen molar-refractivity contribution in [3.63, 3.8) is 0 Å². The lowest BCUT2D eigenvalue weighted by atomic mass is 9.85. The van der Waals surface area contributed by atoms with Crippen LogP contribution in [0.3, 0.4) is 0 Å². The summed E-state index contributed by atoms with van der Waals surface area (Å²) in [6.07, 6.45) is 8.46. The van der Waals surface area contributed by atoms with Crippen LogP contribution in [0.1, 0.15) is 58.8 Å². The summed E-state index contributed by atoms with van der Waals surface area (Å²) >= 11 is 0. The van der Waals surface area contributed by atoms with E-state index >= 15 is 0 Å². The molecule has 0 heterocycles. The molecule has 0 spiro atoms. The van der Waals surface area contributed by atoms with Crippen molar-refractivity contribution in [1.82, 2.24) is 10.2 Å². The molecule has 0 aromatic carbocycles. The Morgan fingerprint density at radius 3 is 2.63 bits per heavy atom. The normalized spacial score (nSPS) is 30.7. The van der Waals surface area contributed by atoms with Gasteiger partial charge in [-0.1, -0.05) is 20.3 Å². The predicted molar refractivity (Wildman–Crippen MR) is 78.9 cm³/mol. The zero-order valence-electron chi connectivity index (χ0n) is 12.6. The highest BCUT2D eigenvalue weighted by Gasteiger charge is 2.45. The van der Waals surface area contributed by atoms with Crippen molar-refractivity contribution in [2.45, 2.75) is 70.4 Å². The van der Waals surface area contributed by atoms with Gasteiger partial charge in [-0.15, -0.1) is 0 Å². The Bertz CT molecular complexity index is 318. The molecule has 0 aliphatic heterocycles. The van der Waals surface area contributed by atoms with E-state index in [2.05, 4.69) is 30.1 Å². The van der Waals surface area contributed by atoms with Crippen LogP contribution in [-0.2, 0) is 0 Å². The first kappa shape index (κ1) is 14.8. The SMILES string of the molecule is CCCN(CC)CCC1CCCC1(C#N)NC1CC1. The fourth-order valence-electron chi connectivity index (χ4n) is 3.51. The summed E-state index contributed by atoms with van der Waals surface area (Å²) in [7, 11) is 0. The van der Waals surface area contributed by atoms with Gasteiger partial charge in [-0.3, -0.25) is 5.32 Å². The summed E-state index contributed by atoms with van der Waals surface area (Å²) in [4.78, 5) is 2.53. The fraction of sp³-hybridized carbons (Fsp3) is 0.938. The number of nitriles is 1. The monoisotopic (exact) mass is 263 g/mol. The van der Waals surface area contributed by atoms with Crippen LogP contribution in [0, 0.1) is 17.2 Å². The van der Waals surface area contributed by atoms with Crippen LogP contribution in [0.2, 0.25) is 0 Å². The van der Waals surface area contributed by atoms with E-state index < -0.39 is 0 Å². The average Bonchev–Trinajstić information content (AvgIpc) is 3.14. The highest BCUT2D eigenvalue weighted by atomic mass is 15.1. The van der Waals surface area contributed by atoms with Crippen molar-refractivity contribution in [3.05, 3.63) is 0 Å². The minimum atomic E-state index is -0.202. The molecule has 0 amide bonds. The zero-order valence-corrected chi connectivity index (χ0v) is 12.6. The predicted octanol–water partition coefficient (Wildman–Crippen LogP) is 2.92. The lowest BCUT2D eigenvalue weighted by molar-refractivity contribution is 0.228. The van der Waals surface area contributed by atoms with Gasteiger partial charge in [0, 0.05) is 6.04 Å². The van der Waals surface area contributed by atoms with Gasteiger partial charge in [0.05, 0.1) is 6.07 Å². The van der Waals surface area contributed by atoms with Gasteiger partial charge in [0.2, 0.25) is 0 Å². The van der Waals surface area contributed by atoms with E-state index in [4.69, 9.17) is 0 Å². The molecular weight excluding hydrogens is 234 g/mol. The number of hydrogen-bond acceptors (Lipinski definition) is 3. The van der Waals surface area contributed by atoms with E-state index in [0.29, 0.717) is 12.0 Å². The second-order valence-electron chi connectivity index (χ2n) is 6.31. The topological polar surface area (TPSA) is 39.1 Å². The maximum Gasteiger partial charge on any atom is 0.109 e. The Morgan fingerprint density at radius 1 is 1.26 bits per heavy atom. The van der Waals surface area contributed by atoms with Gasteiger partial charge >= 0.3 is 0 Å². The highest BCUT2D eigenvalue weighted by Crippen LogP contribution is 2.40. The molecule has 3 nitrogen and oxygen atoms in total. The molecule has 2 rings (SSSR count). The van der Waals surface area contributed by atoms with Crippen LogP contribution < -0.4 is 5.32 Å². The van der Waals surface area contributed by atoms with E-state index in [0.717, 1.165) is 19.5 Å². The third-order valence-electron chi connectivity index (χ3n) is 4.84. The lowest BCUT2D eigenvalue weighted by Crippen LogP contribution is -2.49. The first-order valence-corrected chi connectivity index (χ1v) is 8.15. The van der Waals surface area contributed by atoms with Gasteiger partial charge in [0.1, 0.15) is 5.54 Å². The van der Waals surface area contributed by atoms with Crippen molar-refractivity contribution >= 4 is 0 Å². The average molecular weight is 263 g/mol. The smallest absolute Gasteiger partial charge is 0.109 e. The summed E-state index contributed by atoms with van der Waals surface area (Å²) in [5, 5.41) is 13.3. The third-order valence-corrected chi connectivity index (χ3v) is 4.84. The molecule has 2 fully saturated rings. The molecule has 108 valence electrons. The molecule has 1 N–H and O–H groups in total. The van der Waals surface area contributed by atoms with Crippen LogP contribution in [-0.4, -0.2) is 36.1 Å². The summed E-state index contributed by atoms with van der Waals surface area (Å²) in [6.45, 7) is 7.97. The maximum absolute atomic E-state index is 9.66. The molecule has 2 aliphatic rings. The number of rotatable bonds is 8. The summed E-state index contributed by atoms with van der Waals surface area (Å²) < 4.78 is 0. The number of hydrogen-bond donors (Lipinski definition) is 1. The van der Waals surface area contributed by atoms with Crippen LogP contribution in [0.5, 0.6) is 0 Å². The summed E-state index contributed by atoms with van der Waals surface area (Å²) in [5.74, 6) is 0.559. The molecule has 3 heteroatoms. The first-order valence-electron chi connectivity index (χ1n) is 8.15. The van der Waals surface area contributed by atoms with Crippen molar-refractivity contribution in [3.8, 4) is 6.07 Å². The molecule has 0 radical (unpaired) electrons. The zero-order chi connectivity index (χ0) is 13.7. The van der Waals surface area contributed by atoms with E-state index in [1.165, 1.54) is 45.1 Å². The first-order chi connectivity index (χ1) is 9.24. The van der Waals surface area contributed by atoms with Gasteiger partial charge in [-0.2, -0.15) is 5.26 Å². The van der Waals surface area contributed by atoms with Gasteiger partial charge < -0.3 is 4.90 Å². The molecule has 0 aromatic heterocycles. The van der Waals surface area contributed by atoms with E-state index in [-0.39, 0.29) is 5.54 Å². The Balaban J connectivity index is 1.88. The highest BCUT2D eigenvalue weighted by molar-refractivity contribution is 5.16. The summed E-state index contributed by atoms with van der Waals surface area (Å²) in [5.41, 5.74) is -0.202. The van der Waals surface area contributed by atoms with Crippen LogP contribution in [0.25, 0.3) is 0 Å². The Morgan fingerprint density at radius 2 is 2.05 bits per heavy atom. The second kappa shape index (κ2) is 6.72. The molecule has 2 aliphatic carbocycles. The molecule has 2 unspecified atom stereocenters. The van der Waals surface area contributed by atoms with E-state index in [1.807, 2.05) is 0 Å². The molecule has 19 heavy (non-hydrogen) atoms. The van der Waals surface area contributed by atoms with Crippen molar-refractivity contribution in [2.24, 2.45) is 5.92 Å². The molecule has 0 bridgehead atoms. The van der Waals surface area contributed by atoms with Crippen molar-refractivity contribution < 1.29 is 0 Å². The van der Waals surface area contributed by atoms with E-state index in [9.17, 15) is 5.26 Å². The second-order valence-corrected chi connectivity index (χ2v) is 6.31. The number of nitrogens with one attached hydrogen (secondary N) is 1. The Kier molecular flexibility index (Phi) is 5.24. The molecule has 2 atom stereocenters. The van der Waals surface area contributed by atoms with Gasteiger partial charge in [-0.25, -0.2) is 0 Å². The molecule has 0 saturated heterocycles. The Hall–Kier alpha value is -0.590. The van der Waals surface area contributed by atoms with Gasteiger partial charge in [0.15, 0.2) is 0 Å². The maximum atomic E-state index is 9.66. The quantitative estimate of drug-likeness (QED) is 0.732. The minimum Gasteiger partial charge on any atom is -0.304 e. The van der Waals surface area contributed by atoms with Crippen LogP contribution in [0.15, 0.2) is 0 Å². The van der Waals surface area contributed by atoms with Gasteiger partial charge in [-0.05, 0) is 64.1 Å². The van der Waals surface area contributed by atoms with Crippen molar-refractivity contribution in [2.75, 3.05) is 19.6 Å². The largest absolute Gasteiger partial charge is 0.304 e. The third kappa shape index (κ3) is 3.70. The number of nitrogens with zero attached hydrogens (tertiary/aromatic N) is 2. The summed E-state index contributed by atoms with van der Waals surface area (Å²) in [6, 6.07) is 3.28. The lowest BCUT2D eigenvalue weighted by Gasteiger charge is -2.32. The minimum absolute atomic E-state index is 0.202. The molecular formula is C16H29N3. The van der Waals surface area contributed by atoms with E-state index in [1.54, 1.807) is 0 Å².